The van der Waals surface area contributed by atoms with Gasteiger partial charge in [0, 0.05) is 32.8 Å². The molecule has 1 N–H and O–H groups in total. The fourth-order valence-electron chi connectivity index (χ4n) is 3.02. The number of hydrogen-bond acceptors (Lipinski definition) is 4. The van der Waals surface area contributed by atoms with Gasteiger partial charge in [-0.25, -0.2) is 0 Å². The van der Waals surface area contributed by atoms with E-state index in [1.807, 2.05) is 0 Å². The van der Waals surface area contributed by atoms with Gasteiger partial charge in [-0.3, -0.25) is 4.90 Å². The smallest absolute Gasteiger partial charge is 0.0900 e. The Morgan fingerprint density at radius 2 is 2.00 bits per heavy atom. The van der Waals surface area contributed by atoms with Gasteiger partial charge >= 0.3 is 0 Å². The van der Waals surface area contributed by atoms with Crippen LogP contribution in [0.2, 0.25) is 0 Å². The molecule has 1 fully saturated rings. The van der Waals surface area contributed by atoms with Crippen LogP contribution in [0.25, 0.3) is 0 Å². The Bertz CT molecular complexity index is 454. The van der Waals surface area contributed by atoms with Crippen LogP contribution in [-0.4, -0.2) is 55.1 Å². The van der Waals surface area contributed by atoms with Crippen molar-refractivity contribution in [2.75, 3.05) is 32.9 Å². The maximum absolute atomic E-state index is 10.3. The molecule has 0 radical (unpaired) electrons. The van der Waals surface area contributed by atoms with Crippen molar-refractivity contribution in [3.05, 3.63) is 35.4 Å². The average molecular weight is 335 g/mol. The van der Waals surface area contributed by atoms with Crippen LogP contribution in [0.1, 0.15) is 37.8 Å². The predicted octanol–water partition coefficient (Wildman–Crippen LogP) is 3.01. The first kappa shape index (κ1) is 19.4. The lowest BCUT2D eigenvalue weighted by Crippen LogP contribution is -2.39. The van der Waals surface area contributed by atoms with Gasteiger partial charge in [0.05, 0.1) is 18.8 Å². The second kappa shape index (κ2) is 10.1. The van der Waals surface area contributed by atoms with E-state index >= 15 is 0 Å². The zero-order valence-corrected chi connectivity index (χ0v) is 15.4. The third kappa shape index (κ3) is 7.31. The third-order valence-corrected chi connectivity index (χ3v) is 4.24. The monoisotopic (exact) mass is 335 g/mol. The van der Waals surface area contributed by atoms with Crippen molar-refractivity contribution in [1.82, 2.24) is 4.90 Å². The number of aryl methyl sites for hydroxylation is 1. The summed E-state index contributed by atoms with van der Waals surface area (Å²) in [5.41, 5.74) is 2.54. The lowest BCUT2D eigenvalue weighted by atomic mass is 10.1. The molecule has 1 aliphatic heterocycles. The molecule has 1 heterocycles. The number of rotatable bonds is 10. The van der Waals surface area contributed by atoms with E-state index in [1.165, 1.54) is 11.1 Å². The fourth-order valence-corrected chi connectivity index (χ4v) is 3.02. The minimum Gasteiger partial charge on any atom is -0.389 e. The van der Waals surface area contributed by atoms with E-state index in [9.17, 15) is 5.11 Å². The summed E-state index contributed by atoms with van der Waals surface area (Å²) < 4.78 is 11.4. The number of nitrogens with zero attached hydrogens (tertiary/aromatic N) is 1. The summed E-state index contributed by atoms with van der Waals surface area (Å²) in [5, 5.41) is 10.3. The van der Waals surface area contributed by atoms with Crippen LogP contribution in [0.5, 0.6) is 0 Å². The van der Waals surface area contributed by atoms with E-state index in [4.69, 9.17) is 9.47 Å². The normalized spacial score (nSPS) is 19.3. The van der Waals surface area contributed by atoms with E-state index in [-0.39, 0.29) is 0 Å². The highest BCUT2D eigenvalue weighted by Crippen LogP contribution is 2.16. The summed E-state index contributed by atoms with van der Waals surface area (Å²) in [7, 11) is 0. The molecule has 0 unspecified atom stereocenters. The SMILES string of the molecule is Cc1ccc(CN(C[C@@H](O)COCC(C)C)C[C@@H]2CCCO2)cc1. The molecule has 0 aromatic heterocycles. The van der Waals surface area contributed by atoms with Gasteiger partial charge in [-0.15, -0.1) is 0 Å². The Kier molecular flexibility index (Phi) is 8.19. The molecule has 0 amide bonds. The number of ether oxygens (including phenoxy) is 2. The number of hydrogen-bond donors (Lipinski definition) is 1. The van der Waals surface area contributed by atoms with E-state index < -0.39 is 6.10 Å². The highest BCUT2D eigenvalue weighted by Gasteiger charge is 2.21. The van der Waals surface area contributed by atoms with Crippen LogP contribution in [-0.2, 0) is 16.0 Å². The van der Waals surface area contributed by atoms with Crippen molar-refractivity contribution in [2.24, 2.45) is 5.92 Å². The summed E-state index contributed by atoms with van der Waals surface area (Å²) in [6.07, 6.45) is 2.09. The van der Waals surface area contributed by atoms with E-state index in [2.05, 4.69) is 49.9 Å². The third-order valence-electron chi connectivity index (χ3n) is 4.24. The molecule has 2 atom stereocenters. The van der Waals surface area contributed by atoms with Gasteiger partial charge in [-0.1, -0.05) is 43.7 Å². The number of aliphatic hydroxyl groups is 1. The first-order valence-corrected chi connectivity index (χ1v) is 9.18. The Morgan fingerprint density at radius 1 is 1.25 bits per heavy atom. The van der Waals surface area contributed by atoms with Gasteiger partial charge in [-0.05, 0) is 31.2 Å². The highest BCUT2D eigenvalue weighted by atomic mass is 16.5. The Morgan fingerprint density at radius 3 is 2.62 bits per heavy atom. The lowest BCUT2D eigenvalue weighted by molar-refractivity contribution is -0.00390. The summed E-state index contributed by atoms with van der Waals surface area (Å²) >= 11 is 0. The van der Waals surface area contributed by atoms with Crippen LogP contribution in [0, 0.1) is 12.8 Å². The minimum absolute atomic E-state index is 0.291. The standard InChI is InChI=1S/C20H33NO3/c1-16(2)14-23-15-19(22)12-21(13-20-5-4-10-24-20)11-18-8-6-17(3)7-9-18/h6-9,16,19-20,22H,4-5,10-15H2,1-3H3/t19-,20+/m1/s1. The molecule has 24 heavy (non-hydrogen) atoms. The van der Waals surface area contributed by atoms with E-state index in [0.717, 1.165) is 32.5 Å². The zero-order chi connectivity index (χ0) is 17.4. The van der Waals surface area contributed by atoms with Crippen LogP contribution in [0.3, 0.4) is 0 Å². The molecule has 0 bridgehead atoms. The molecule has 1 aromatic rings. The summed E-state index contributed by atoms with van der Waals surface area (Å²) in [6.45, 7) is 10.6. The van der Waals surface area contributed by atoms with Gasteiger partial charge in [0.25, 0.3) is 0 Å². The molecule has 2 rings (SSSR count). The maximum Gasteiger partial charge on any atom is 0.0900 e. The number of benzene rings is 1. The Balaban J connectivity index is 1.87. The second-order valence-electron chi connectivity index (χ2n) is 7.40. The molecular weight excluding hydrogens is 302 g/mol. The molecule has 4 nitrogen and oxygen atoms in total. The Labute approximate surface area is 146 Å². The van der Waals surface area contributed by atoms with Crippen LogP contribution < -0.4 is 0 Å². The topological polar surface area (TPSA) is 41.9 Å². The molecule has 1 aromatic carbocycles. The van der Waals surface area contributed by atoms with Crippen LogP contribution in [0.4, 0.5) is 0 Å². The summed E-state index contributed by atoms with van der Waals surface area (Å²) in [4.78, 5) is 2.30. The zero-order valence-electron chi connectivity index (χ0n) is 15.4. The van der Waals surface area contributed by atoms with E-state index in [1.54, 1.807) is 0 Å². The molecule has 1 saturated heterocycles. The first-order chi connectivity index (χ1) is 11.5. The first-order valence-electron chi connectivity index (χ1n) is 9.18. The van der Waals surface area contributed by atoms with E-state index in [0.29, 0.717) is 31.8 Å². The fraction of sp³-hybridized carbons (Fsp3) is 0.700. The van der Waals surface area contributed by atoms with Gasteiger partial charge in [0.15, 0.2) is 0 Å². The largest absolute Gasteiger partial charge is 0.389 e. The minimum atomic E-state index is -0.462. The molecule has 0 saturated carbocycles. The summed E-state index contributed by atoms with van der Waals surface area (Å²) in [6, 6.07) is 8.61. The van der Waals surface area contributed by atoms with Crippen molar-refractivity contribution in [3.63, 3.8) is 0 Å². The van der Waals surface area contributed by atoms with Crippen molar-refractivity contribution < 1.29 is 14.6 Å². The van der Waals surface area contributed by atoms with Gasteiger partial charge in [0.2, 0.25) is 0 Å². The van der Waals surface area contributed by atoms with Gasteiger partial charge < -0.3 is 14.6 Å². The molecule has 1 aliphatic rings. The van der Waals surface area contributed by atoms with Crippen LogP contribution in [0.15, 0.2) is 24.3 Å². The van der Waals surface area contributed by atoms with Crippen molar-refractivity contribution in [2.45, 2.75) is 52.4 Å². The molecule has 136 valence electrons. The Hall–Kier alpha value is -0.940. The molecule has 0 spiro atoms. The van der Waals surface area contributed by atoms with Gasteiger partial charge in [-0.2, -0.15) is 0 Å². The second-order valence-corrected chi connectivity index (χ2v) is 7.40. The molecule has 4 heteroatoms. The van der Waals surface area contributed by atoms with Crippen molar-refractivity contribution >= 4 is 0 Å². The van der Waals surface area contributed by atoms with Crippen molar-refractivity contribution in [1.29, 1.82) is 0 Å². The van der Waals surface area contributed by atoms with Crippen LogP contribution >= 0.6 is 0 Å². The number of aliphatic hydroxyl groups excluding tert-OH is 1. The average Bonchev–Trinajstić information content (AvgIpc) is 3.02. The highest BCUT2D eigenvalue weighted by molar-refractivity contribution is 5.21. The van der Waals surface area contributed by atoms with Gasteiger partial charge in [0.1, 0.15) is 0 Å². The molecular formula is C20H33NO3. The molecule has 0 aliphatic carbocycles. The maximum atomic E-state index is 10.3. The predicted molar refractivity (Wildman–Crippen MR) is 97.1 cm³/mol. The lowest BCUT2D eigenvalue weighted by Gasteiger charge is -2.27. The van der Waals surface area contributed by atoms with Crippen molar-refractivity contribution in [3.8, 4) is 0 Å². The summed E-state index contributed by atoms with van der Waals surface area (Å²) in [5.74, 6) is 0.493. The quantitative estimate of drug-likeness (QED) is 0.714.